The molecule has 0 spiro atoms. The van der Waals surface area contributed by atoms with Gasteiger partial charge in [-0.15, -0.1) is 23.5 Å². The summed E-state index contributed by atoms with van der Waals surface area (Å²) >= 11 is 4.14. The quantitative estimate of drug-likeness (QED) is 0.361. The fourth-order valence-electron chi connectivity index (χ4n) is 12.9. The topological polar surface area (TPSA) is 40.5 Å². The van der Waals surface area contributed by atoms with Gasteiger partial charge < -0.3 is 10.2 Å². The van der Waals surface area contributed by atoms with E-state index in [-0.39, 0.29) is 23.0 Å². The van der Waals surface area contributed by atoms with Crippen molar-refractivity contribution in [1.82, 2.24) is 0 Å². The molecular formula is C34H58O2S2. The Morgan fingerprint density at radius 1 is 0.737 bits per heavy atom. The Morgan fingerprint density at radius 2 is 1.45 bits per heavy atom. The first-order chi connectivity index (χ1) is 17.8. The molecule has 1 aliphatic heterocycles. The van der Waals surface area contributed by atoms with Crippen molar-refractivity contribution in [3.8, 4) is 0 Å². The average molecular weight is 563 g/mol. The normalized spacial score (nSPS) is 53.5. The van der Waals surface area contributed by atoms with E-state index >= 15 is 0 Å². The molecule has 0 bridgehead atoms. The fraction of sp³-hybridized carbons (Fsp3) is 1.00. The Labute approximate surface area is 243 Å². The maximum Gasteiger partial charge on any atom is 0.0809 e. The number of aliphatic hydroxyl groups excluding tert-OH is 2. The Bertz CT molecular complexity index is 899. The predicted octanol–water partition coefficient (Wildman–Crippen LogP) is 8.64. The molecule has 0 amide bonds. The van der Waals surface area contributed by atoms with Crippen molar-refractivity contribution in [2.24, 2.45) is 62.6 Å². The van der Waals surface area contributed by atoms with Crippen LogP contribution in [0.25, 0.3) is 0 Å². The first kappa shape index (κ1) is 28.7. The summed E-state index contributed by atoms with van der Waals surface area (Å²) in [5, 5.41) is 23.3. The summed E-state index contributed by atoms with van der Waals surface area (Å²) in [6.07, 6.45) is 13.7. The van der Waals surface area contributed by atoms with Crippen LogP contribution in [0.4, 0.5) is 0 Å². The lowest BCUT2D eigenvalue weighted by Gasteiger charge is -2.73. The first-order valence-corrected chi connectivity index (χ1v) is 18.5. The minimum absolute atomic E-state index is 0.0292. The molecule has 2 nitrogen and oxygen atoms in total. The van der Waals surface area contributed by atoms with Crippen molar-refractivity contribution in [1.29, 1.82) is 0 Å². The van der Waals surface area contributed by atoms with Gasteiger partial charge in [0.2, 0.25) is 0 Å². The zero-order chi connectivity index (χ0) is 27.3. The molecule has 0 aromatic heterocycles. The maximum absolute atomic E-state index is 12.2. The summed E-state index contributed by atoms with van der Waals surface area (Å²) in [5.41, 5.74) is 1.25. The predicted molar refractivity (Wildman–Crippen MR) is 164 cm³/mol. The summed E-state index contributed by atoms with van der Waals surface area (Å²) in [6, 6.07) is 0. The summed E-state index contributed by atoms with van der Waals surface area (Å²) in [7, 11) is 0. The summed E-state index contributed by atoms with van der Waals surface area (Å²) in [5.74, 6) is 6.78. The Hall–Kier alpha value is 0.620. The van der Waals surface area contributed by atoms with Crippen molar-refractivity contribution >= 4 is 23.5 Å². The van der Waals surface area contributed by atoms with Crippen LogP contribution in [-0.4, -0.2) is 38.5 Å². The molecule has 11 atom stereocenters. The summed E-state index contributed by atoms with van der Waals surface area (Å²) in [4.78, 5) is 0. The largest absolute Gasteiger partial charge is 0.393 e. The van der Waals surface area contributed by atoms with Crippen LogP contribution in [0.3, 0.4) is 0 Å². The number of fused-ring (bicyclic) bond motifs is 7. The number of hydrogen-bond donors (Lipinski definition) is 2. The zero-order valence-electron chi connectivity index (χ0n) is 25.6. The zero-order valence-corrected chi connectivity index (χ0v) is 27.2. The first-order valence-electron chi connectivity index (χ1n) is 16.4. The van der Waals surface area contributed by atoms with E-state index in [4.69, 9.17) is 0 Å². The molecule has 1 saturated heterocycles. The highest BCUT2D eigenvalue weighted by molar-refractivity contribution is 8.17. The van der Waals surface area contributed by atoms with Crippen molar-refractivity contribution in [3.63, 3.8) is 0 Å². The third-order valence-electron chi connectivity index (χ3n) is 15.1. The highest BCUT2D eigenvalue weighted by atomic mass is 32.2. The number of rotatable bonds is 3. The molecule has 38 heavy (non-hydrogen) atoms. The molecule has 5 saturated carbocycles. The van der Waals surface area contributed by atoms with Crippen LogP contribution in [0.15, 0.2) is 0 Å². The number of aliphatic hydroxyl groups is 2. The molecule has 4 heteroatoms. The lowest BCUT2D eigenvalue weighted by Crippen LogP contribution is -2.67. The third-order valence-corrected chi connectivity index (χ3v) is 18.1. The van der Waals surface area contributed by atoms with Gasteiger partial charge in [0.1, 0.15) is 0 Å². The minimum Gasteiger partial charge on any atom is -0.393 e. The molecule has 5 aliphatic carbocycles. The number of thioether (sulfide) groups is 2. The lowest BCUT2D eigenvalue weighted by atomic mass is 9.32. The van der Waals surface area contributed by atoms with Gasteiger partial charge in [0.25, 0.3) is 0 Å². The van der Waals surface area contributed by atoms with Gasteiger partial charge in [-0.25, -0.2) is 0 Å². The van der Waals surface area contributed by atoms with Crippen LogP contribution < -0.4 is 0 Å². The van der Waals surface area contributed by atoms with E-state index in [2.05, 4.69) is 72.0 Å². The van der Waals surface area contributed by atoms with Crippen LogP contribution in [0.1, 0.15) is 119 Å². The lowest BCUT2D eigenvalue weighted by molar-refractivity contribution is -0.254. The second kappa shape index (κ2) is 9.57. The number of hydrogen-bond acceptors (Lipinski definition) is 4. The Kier molecular flexibility index (Phi) is 7.23. The highest BCUT2D eigenvalue weighted by Crippen LogP contribution is 2.78. The molecule has 6 aliphatic rings. The second-order valence-electron chi connectivity index (χ2n) is 16.7. The van der Waals surface area contributed by atoms with Crippen molar-refractivity contribution in [2.75, 3.05) is 11.5 Å². The van der Waals surface area contributed by atoms with Gasteiger partial charge in [-0.05, 0) is 139 Å². The maximum atomic E-state index is 12.2. The van der Waals surface area contributed by atoms with Crippen LogP contribution in [0, 0.1) is 62.6 Å². The van der Waals surface area contributed by atoms with E-state index in [1.807, 2.05) is 0 Å². The van der Waals surface area contributed by atoms with Gasteiger partial charge in [0.05, 0.1) is 16.8 Å². The minimum atomic E-state index is -0.144. The monoisotopic (exact) mass is 562 g/mol. The van der Waals surface area contributed by atoms with Crippen molar-refractivity contribution in [2.45, 2.75) is 136 Å². The average Bonchev–Trinajstić information content (AvgIpc) is 3.28. The smallest absolute Gasteiger partial charge is 0.0809 e. The summed E-state index contributed by atoms with van der Waals surface area (Å²) in [6.45, 7) is 17.8. The van der Waals surface area contributed by atoms with Gasteiger partial charge >= 0.3 is 0 Å². The van der Waals surface area contributed by atoms with Gasteiger partial charge in [-0.1, -0.05) is 48.5 Å². The molecule has 2 N–H and O–H groups in total. The molecule has 218 valence electrons. The van der Waals surface area contributed by atoms with Crippen LogP contribution in [0.2, 0.25) is 0 Å². The molecule has 0 aromatic carbocycles. The van der Waals surface area contributed by atoms with Crippen LogP contribution >= 0.6 is 23.5 Å². The Morgan fingerprint density at radius 3 is 2.13 bits per heavy atom. The third kappa shape index (κ3) is 3.73. The van der Waals surface area contributed by atoms with E-state index in [9.17, 15) is 10.2 Å². The molecule has 0 radical (unpaired) electrons. The SMILES string of the molecule is CC(C)C1CCC2(C(O)C3SCCCS3)CC[C@]3(C)C(CC[C@@H]4C5(C)CC[C@H](O)C(C)(C)[C@@H]5CCC43C)C12. The van der Waals surface area contributed by atoms with Gasteiger partial charge in [0.15, 0.2) is 0 Å². The summed E-state index contributed by atoms with van der Waals surface area (Å²) < 4.78 is 0.388. The van der Waals surface area contributed by atoms with E-state index in [0.29, 0.717) is 38.6 Å². The van der Waals surface area contributed by atoms with Gasteiger partial charge in [0, 0.05) is 5.41 Å². The second-order valence-corrected chi connectivity index (χ2v) is 19.5. The Balaban J connectivity index is 1.37. The van der Waals surface area contributed by atoms with Gasteiger partial charge in [-0.3, -0.25) is 0 Å². The molecule has 6 rings (SSSR count). The van der Waals surface area contributed by atoms with Gasteiger partial charge in [-0.2, -0.15) is 0 Å². The van der Waals surface area contributed by atoms with E-state index in [0.717, 1.165) is 24.2 Å². The van der Waals surface area contributed by atoms with E-state index < -0.39 is 0 Å². The van der Waals surface area contributed by atoms with Crippen LogP contribution in [-0.2, 0) is 0 Å². The molecule has 7 unspecified atom stereocenters. The molecule has 1 heterocycles. The molecular weight excluding hydrogens is 505 g/mol. The van der Waals surface area contributed by atoms with Crippen molar-refractivity contribution in [3.05, 3.63) is 0 Å². The van der Waals surface area contributed by atoms with E-state index in [1.54, 1.807) is 0 Å². The highest BCUT2D eigenvalue weighted by Gasteiger charge is 2.72. The molecule has 0 aromatic rings. The fourth-order valence-corrected chi connectivity index (χ4v) is 16.0. The van der Waals surface area contributed by atoms with Crippen LogP contribution in [0.5, 0.6) is 0 Å². The van der Waals surface area contributed by atoms with Crippen molar-refractivity contribution < 1.29 is 10.2 Å². The van der Waals surface area contributed by atoms with E-state index in [1.165, 1.54) is 75.7 Å². The standard InChI is InChI=1S/C34H58O2S2/c1-21(2)22-11-16-34(28(36)29-37-19-8-20-38-29)18-17-32(6)23(27(22)34)9-10-25-31(5)14-13-26(35)30(3,4)24(31)12-15-33(25,32)7/h21-29,35-36H,8-20H2,1-7H3/t22?,23?,24-,25+,26-,27?,28?,31?,32+,33?,34?/m0/s1. The molecule has 6 fully saturated rings.